The third-order valence-corrected chi connectivity index (χ3v) is 5.99. The van der Waals surface area contributed by atoms with Crippen molar-refractivity contribution < 1.29 is 9.59 Å². The van der Waals surface area contributed by atoms with E-state index < -0.39 is 0 Å². The number of rotatable bonds is 3. The van der Waals surface area contributed by atoms with E-state index in [-0.39, 0.29) is 23.8 Å². The number of benzene rings is 1. The Morgan fingerprint density at radius 3 is 2.69 bits per heavy atom. The van der Waals surface area contributed by atoms with Gasteiger partial charge in [-0.25, -0.2) is 0 Å². The van der Waals surface area contributed by atoms with E-state index in [0.29, 0.717) is 12.8 Å². The van der Waals surface area contributed by atoms with Crippen LogP contribution in [0, 0.1) is 12.8 Å². The Morgan fingerprint density at radius 2 is 2.08 bits per heavy atom. The van der Waals surface area contributed by atoms with Crippen LogP contribution in [0.5, 0.6) is 0 Å². The number of carbonyl (C=O) groups is 2. The lowest BCUT2D eigenvalue weighted by molar-refractivity contribution is -0.140. The smallest absolute Gasteiger partial charge is 0.232 e. The molecular formula is C19H23BrN4O2. The van der Waals surface area contributed by atoms with E-state index in [4.69, 9.17) is 0 Å². The molecule has 2 amide bonds. The van der Waals surface area contributed by atoms with Gasteiger partial charge in [-0.05, 0) is 37.1 Å². The van der Waals surface area contributed by atoms with Gasteiger partial charge in [0.1, 0.15) is 0 Å². The summed E-state index contributed by atoms with van der Waals surface area (Å²) in [6, 6.07) is 5.56. The summed E-state index contributed by atoms with van der Waals surface area (Å²) in [5.74, 6) is -0.221. The van der Waals surface area contributed by atoms with Crippen LogP contribution in [0.15, 0.2) is 35.1 Å². The number of likely N-dealkylation sites (tertiary alicyclic amines) is 1. The molecule has 1 aromatic carbocycles. The highest BCUT2D eigenvalue weighted by Crippen LogP contribution is 2.37. The molecule has 1 fully saturated rings. The third-order valence-electron chi connectivity index (χ3n) is 5.10. The molecule has 2 atom stereocenters. The van der Waals surface area contributed by atoms with Crippen molar-refractivity contribution in [1.82, 2.24) is 14.7 Å². The zero-order valence-electron chi connectivity index (χ0n) is 15.4. The number of piperidine rings is 1. The Balaban J connectivity index is 1.92. The molecule has 1 aliphatic rings. The molecule has 0 radical (unpaired) electrons. The summed E-state index contributed by atoms with van der Waals surface area (Å²) in [6.07, 6.45) is 4.55. The predicted octanol–water partition coefficient (Wildman–Crippen LogP) is 3.06. The first kappa shape index (κ1) is 18.6. The van der Waals surface area contributed by atoms with Crippen LogP contribution in [0.3, 0.4) is 0 Å². The Labute approximate surface area is 161 Å². The van der Waals surface area contributed by atoms with Gasteiger partial charge in [0.15, 0.2) is 0 Å². The number of carbonyl (C=O) groups excluding carboxylic acids is 2. The molecule has 3 rings (SSSR count). The maximum absolute atomic E-state index is 13.3. The van der Waals surface area contributed by atoms with Crippen LogP contribution in [-0.2, 0) is 16.6 Å². The lowest BCUT2D eigenvalue weighted by Gasteiger charge is -2.39. The van der Waals surface area contributed by atoms with Gasteiger partial charge >= 0.3 is 0 Å². The number of halogens is 1. The lowest BCUT2D eigenvalue weighted by atomic mass is 9.84. The molecule has 2 heterocycles. The molecule has 0 aliphatic carbocycles. The molecule has 0 spiro atoms. The highest BCUT2D eigenvalue weighted by Gasteiger charge is 2.40. The summed E-state index contributed by atoms with van der Waals surface area (Å²) in [5, 5.41) is 4.22. The Kier molecular flexibility index (Phi) is 5.18. The zero-order valence-corrected chi connectivity index (χ0v) is 17.0. The molecule has 1 saturated heterocycles. The van der Waals surface area contributed by atoms with E-state index in [1.807, 2.05) is 38.4 Å². The monoisotopic (exact) mass is 418 g/mol. The number of nitrogens with zero attached hydrogens (tertiary/aromatic N) is 4. The van der Waals surface area contributed by atoms with Crippen LogP contribution in [0.25, 0.3) is 0 Å². The van der Waals surface area contributed by atoms with Gasteiger partial charge in [0.2, 0.25) is 11.8 Å². The number of anilines is 1. The van der Waals surface area contributed by atoms with Crippen LogP contribution in [0.4, 0.5) is 5.69 Å². The topological polar surface area (TPSA) is 58.4 Å². The first-order valence-electron chi connectivity index (χ1n) is 8.57. The highest BCUT2D eigenvalue weighted by atomic mass is 79.9. The van der Waals surface area contributed by atoms with Crippen molar-refractivity contribution in [3.63, 3.8) is 0 Å². The average Bonchev–Trinajstić information content (AvgIpc) is 3.04. The summed E-state index contributed by atoms with van der Waals surface area (Å²) in [6.45, 7) is 2.00. The van der Waals surface area contributed by atoms with Crippen molar-refractivity contribution in [2.45, 2.75) is 25.8 Å². The summed E-state index contributed by atoms with van der Waals surface area (Å²) in [7, 11) is 5.40. The Hall–Kier alpha value is -2.15. The van der Waals surface area contributed by atoms with Crippen LogP contribution >= 0.6 is 15.9 Å². The molecule has 1 aliphatic heterocycles. The molecule has 2 unspecified atom stereocenters. The summed E-state index contributed by atoms with van der Waals surface area (Å²) >= 11 is 3.49. The standard InChI is InChI=1S/C19H23BrN4O2/c1-12-9-14(5-7-16(12)20)23(3)19(26)15-6-8-17(25)24(4)18(15)13-10-21-22(2)11-13/h5,7,9-11,15,18H,6,8H2,1-4H3. The second-order valence-electron chi connectivity index (χ2n) is 6.87. The molecule has 0 bridgehead atoms. The van der Waals surface area contributed by atoms with Gasteiger partial charge < -0.3 is 9.80 Å². The maximum atomic E-state index is 13.3. The number of hydrogen-bond donors (Lipinski definition) is 0. The van der Waals surface area contributed by atoms with E-state index in [1.165, 1.54) is 0 Å². The highest BCUT2D eigenvalue weighted by molar-refractivity contribution is 9.10. The first-order chi connectivity index (χ1) is 12.3. The van der Waals surface area contributed by atoms with Crippen LogP contribution < -0.4 is 4.90 Å². The quantitative estimate of drug-likeness (QED) is 0.769. The fraction of sp³-hybridized carbons (Fsp3) is 0.421. The third kappa shape index (κ3) is 3.40. The molecule has 0 N–H and O–H groups in total. The summed E-state index contributed by atoms with van der Waals surface area (Å²) < 4.78 is 2.71. The van der Waals surface area contributed by atoms with E-state index in [9.17, 15) is 9.59 Å². The Morgan fingerprint density at radius 1 is 1.35 bits per heavy atom. The van der Waals surface area contributed by atoms with Crippen molar-refractivity contribution in [2.75, 3.05) is 19.0 Å². The molecular weight excluding hydrogens is 396 g/mol. The second-order valence-corrected chi connectivity index (χ2v) is 7.73. The van der Waals surface area contributed by atoms with E-state index >= 15 is 0 Å². The van der Waals surface area contributed by atoms with Crippen LogP contribution in [-0.4, -0.2) is 40.6 Å². The Bertz CT molecular complexity index is 848. The maximum Gasteiger partial charge on any atom is 0.232 e. The fourth-order valence-corrected chi connectivity index (χ4v) is 3.81. The normalized spacial score (nSPS) is 20.3. The fourth-order valence-electron chi connectivity index (χ4n) is 3.56. The number of amides is 2. The van der Waals surface area contributed by atoms with Gasteiger partial charge in [-0.15, -0.1) is 0 Å². The second kappa shape index (κ2) is 7.23. The largest absolute Gasteiger partial charge is 0.338 e. The van der Waals surface area contributed by atoms with Gasteiger partial charge in [-0.2, -0.15) is 5.10 Å². The lowest BCUT2D eigenvalue weighted by Crippen LogP contribution is -2.46. The molecule has 2 aromatic rings. The molecule has 7 heteroatoms. The zero-order chi connectivity index (χ0) is 19.0. The SMILES string of the molecule is Cc1cc(N(C)C(=O)C2CCC(=O)N(C)C2c2cnn(C)c2)ccc1Br. The number of aryl methyl sites for hydroxylation is 2. The predicted molar refractivity (Wildman–Crippen MR) is 104 cm³/mol. The first-order valence-corrected chi connectivity index (χ1v) is 9.37. The molecule has 1 aromatic heterocycles. The van der Waals surface area contributed by atoms with Crippen molar-refractivity contribution >= 4 is 33.4 Å². The van der Waals surface area contributed by atoms with Crippen molar-refractivity contribution in [1.29, 1.82) is 0 Å². The molecule has 6 nitrogen and oxygen atoms in total. The minimum absolute atomic E-state index is 0.0138. The minimum atomic E-state index is -0.296. The van der Waals surface area contributed by atoms with Crippen LogP contribution in [0.2, 0.25) is 0 Å². The van der Waals surface area contributed by atoms with Gasteiger partial charge in [-0.1, -0.05) is 15.9 Å². The van der Waals surface area contributed by atoms with Gasteiger partial charge in [-0.3, -0.25) is 14.3 Å². The van der Waals surface area contributed by atoms with Crippen LogP contribution in [0.1, 0.15) is 30.0 Å². The number of aromatic nitrogens is 2. The molecule has 138 valence electrons. The van der Waals surface area contributed by atoms with Gasteiger partial charge in [0, 0.05) is 49.5 Å². The summed E-state index contributed by atoms with van der Waals surface area (Å²) in [5.41, 5.74) is 2.81. The minimum Gasteiger partial charge on any atom is -0.338 e. The average molecular weight is 419 g/mol. The summed E-state index contributed by atoms with van der Waals surface area (Å²) in [4.78, 5) is 28.9. The van der Waals surface area contributed by atoms with Crippen molar-refractivity contribution in [2.24, 2.45) is 13.0 Å². The van der Waals surface area contributed by atoms with Crippen molar-refractivity contribution in [3.8, 4) is 0 Å². The van der Waals surface area contributed by atoms with E-state index in [1.54, 1.807) is 34.8 Å². The van der Waals surface area contributed by atoms with Gasteiger partial charge in [0.05, 0.1) is 18.2 Å². The van der Waals surface area contributed by atoms with Crippen molar-refractivity contribution in [3.05, 3.63) is 46.2 Å². The van der Waals surface area contributed by atoms with Gasteiger partial charge in [0.25, 0.3) is 0 Å². The number of hydrogen-bond acceptors (Lipinski definition) is 3. The molecule has 0 saturated carbocycles. The molecule has 26 heavy (non-hydrogen) atoms. The van der Waals surface area contributed by atoms with E-state index in [2.05, 4.69) is 21.0 Å². The van der Waals surface area contributed by atoms with E-state index in [0.717, 1.165) is 21.3 Å².